The molecular formula is C56H38B2N6Se5. The molecule has 0 saturated carbocycles. The Labute approximate surface area is 433 Å². The van der Waals surface area contributed by atoms with Crippen LogP contribution in [0.4, 0.5) is 79.6 Å². The van der Waals surface area contributed by atoms with Crippen molar-refractivity contribution >= 4 is 234 Å². The quantitative estimate of drug-likeness (QED) is 0.240. The minimum atomic E-state index is 0.103. The van der Waals surface area contributed by atoms with Crippen LogP contribution in [0.3, 0.4) is 0 Å². The number of para-hydroxylation sites is 6. The van der Waals surface area contributed by atoms with Crippen LogP contribution in [0.1, 0.15) is 38.5 Å². The standard InChI is InChI=1S/C56H38B2N6Se5/c1-5-23-59(24-6-1)35-27-33-43-49-53(35)67-41-21-11-19-39-47(41)63(49)45-29(13-9-17-37(45)65-39)57(43)55-51-52-56(69-55)58-30-14-10-18-38-46(30)64-48-40(66-38)20-12-22-42(48)68-54-36(60-25-7-2-8-26-60)28-34(44(58)50(54)64)62(52)32-16-4-3-15-31(32)61(33)51/h3-4,9-22,27-28H,1-2,5-8,23-26H2. The van der Waals surface area contributed by atoms with Crippen molar-refractivity contribution in [2.45, 2.75) is 38.5 Å². The average Bonchev–Trinajstić information content (AvgIpc) is 3.79. The van der Waals surface area contributed by atoms with E-state index in [2.05, 4.69) is 139 Å². The van der Waals surface area contributed by atoms with E-state index in [1.54, 1.807) is 77.6 Å². The molecule has 0 atom stereocenters. The molecule has 0 radical (unpaired) electrons. The zero-order valence-corrected chi connectivity index (χ0v) is 45.9. The SMILES string of the molecule is c1cc2c3c(c1)[Se]c1c(N4CCCCC4)cc4c5c1N3c1c(cccc1B5c1[se]c3c5c1N4c1ccccc1N5c1cc(N4CCCCC4)c4c5c1B3c1cccc3c1N5c1c(cccc1[Se]4)[Se]3)[Se]2. The summed E-state index contributed by atoms with van der Waals surface area (Å²) < 4.78 is 16.0. The van der Waals surface area contributed by atoms with Gasteiger partial charge in [0.1, 0.15) is 0 Å². The van der Waals surface area contributed by atoms with E-state index in [1.165, 1.54) is 107 Å². The van der Waals surface area contributed by atoms with Gasteiger partial charge in [0, 0.05) is 0 Å². The molecule has 19 rings (SSSR count). The predicted octanol–water partition coefficient (Wildman–Crippen LogP) is 1.08. The van der Waals surface area contributed by atoms with Crippen LogP contribution in [0.25, 0.3) is 0 Å². The number of fused-ring (bicyclic) bond motifs is 9. The first-order valence-corrected chi connectivity index (χ1v) is 33.4. The van der Waals surface area contributed by atoms with Crippen molar-refractivity contribution in [3.05, 3.63) is 109 Å². The molecule has 6 nitrogen and oxygen atoms in total. The maximum absolute atomic E-state index is 2.85. The van der Waals surface area contributed by atoms with Gasteiger partial charge in [0.05, 0.1) is 0 Å². The van der Waals surface area contributed by atoms with Crippen LogP contribution in [-0.2, 0) is 0 Å². The Bertz CT molecular complexity index is 3560. The van der Waals surface area contributed by atoms with Crippen LogP contribution < -0.4 is 95.6 Å². The van der Waals surface area contributed by atoms with Crippen molar-refractivity contribution in [1.82, 2.24) is 0 Å². The zero-order valence-electron chi connectivity index (χ0n) is 37.3. The summed E-state index contributed by atoms with van der Waals surface area (Å²) in [6.45, 7) is 5.04. The third-order valence-corrected chi connectivity index (χ3v) is 29.2. The number of hydrogen-bond acceptors (Lipinski definition) is 6. The Kier molecular flexibility index (Phi) is 7.39. The molecule has 328 valence electrons. The van der Waals surface area contributed by atoms with Crippen molar-refractivity contribution in [1.29, 1.82) is 0 Å². The third-order valence-electron chi connectivity index (χ3n) is 17.0. The summed E-state index contributed by atoms with van der Waals surface area (Å²) in [5.41, 5.74) is 27.1. The Morgan fingerprint density at radius 3 is 1.19 bits per heavy atom. The Balaban J connectivity index is 0.952. The molecule has 8 aromatic rings. The number of nitrogens with zero attached hydrogens (tertiary/aromatic N) is 6. The van der Waals surface area contributed by atoms with Gasteiger partial charge in [-0.05, 0) is 0 Å². The van der Waals surface area contributed by atoms with Crippen molar-refractivity contribution in [2.24, 2.45) is 0 Å². The van der Waals surface area contributed by atoms with Gasteiger partial charge in [-0.1, -0.05) is 0 Å². The van der Waals surface area contributed by atoms with E-state index < -0.39 is 0 Å². The molecule has 1 aromatic heterocycles. The van der Waals surface area contributed by atoms with Crippen molar-refractivity contribution < 1.29 is 0 Å². The Hall–Kier alpha value is -4.45. The maximum atomic E-state index is 2.85. The molecule has 12 heterocycles. The van der Waals surface area contributed by atoms with E-state index in [4.69, 9.17) is 0 Å². The van der Waals surface area contributed by atoms with Crippen LogP contribution >= 0.6 is 0 Å². The summed E-state index contributed by atoms with van der Waals surface area (Å²) in [4.78, 5) is 17.0. The summed E-state index contributed by atoms with van der Waals surface area (Å²) in [7, 11) is 0. The third kappa shape index (κ3) is 4.53. The molecule has 13 heteroatoms. The van der Waals surface area contributed by atoms with Crippen LogP contribution in [-0.4, -0.2) is 114 Å². The number of anilines is 14. The molecule has 0 aliphatic carbocycles. The van der Waals surface area contributed by atoms with Gasteiger partial charge in [-0.15, -0.1) is 0 Å². The molecule has 2 saturated heterocycles. The summed E-state index contributed by atoms with van der Waals surface area (Å²) >= 11 is 1.05. The topological polar surface area (TPSA) is 19.4 Å². The first-order chi connectivity index (χ1) is 34.3. The number of piperidine rings is 2. The molecule has 0 bridgehead atoms. The van der Waals surface area contributed by atoms with Crippen LogP contribution in [0, 0.1) is 0 Å². The van der Waals surface area contributed by atoms with E-state index in [0.29, 0.717) is 0 Å². The van der Waals surface area contributed by atoms with Crippen molar-refractivity contribution in [2.75, 3.05) is 55.6 Å². The van der Waals surface area contributed by atoms with Crippen molar-refractivity contribution in [3.63, 3.8) is 0 Å². The molecule has 11 aliphatic heterocycles. The fourth-order valence-corrected chi connectivity index (χ4v) is 28.3. The van der Waals surface area contributed by atoms with Gasteiger partial charge in [0.25, 0.3) is 0 Å². The molecule has 0 spiro atoms. The fraction of sp³-hybridized carbons (Fsp3) is 0.179. The van der Waals surface area contributed by atoms with Crippen LogP contribution in [0.2, 0.25) is 0 Å². The molecule has 2 fully saturated rings. The summed E-state index contributed by atoms with van der Waals surface area (Å²) in [6.07, 6.45) is 7.77. The van der Waals surface area contributed by atoms with Gasteiger partial charge in [-0.25, -0.2) is 0 Å². The summed E-state index contributed by atoms with van der Waals surface area (Å²) in [6, 6.07) is 44.6. The summed E-state index contributed by atoms with van der Waals surface area (Å²) in [5, 5.41) is 0. The fourth-order valence-electron chi connectivity index (χ4n) is 14.4. The molecule has 11 aliphatic rings. The predicted molar refractivity (Wildman–Crippen MR) is 297 cm³/mol. The molecule has 0 unspecified atom stereocenters. The van der Waals surface area contributed by atoms with E-state index >= 15 is 0 Å². The van der Waals surface area contributed by atoms with E-state index in [-0.39, 0.29) is 87.8 Å². The second kappa shape index (κ2) is 13.3. The van der Waals surface area contributed by atoms with Crippen LogP contribution in [0.15, 0.2) is 109 Å². The second-order valence-electron chi connectivity index (χ2n) is 20.3. The van der Waals surface area contributed by atoms with Gasteiger partial charge >= 0.3 is 437 Å². The van der Waals surface area contributed by atoms with E-state index in [9.17, 15) is 0 Å². The van der Waals surface area contributed by atoms with E-state index in [1.807, 2.05) is 0 Å². The number of rotatable bonds is 2. The molecule has 7 aromatic carbocycles. The summed E-state index contributed by atoms with van der Waals surface area (Å²) in [5.74, 6) is 0. The Morgan fingerprint density at radius 1 is 0.333 bits per heavy atom. The minimum absolute atomic E-state index is 0.103. The van der Waals surface area contributed by atoms with Gasteiger partial charge in [0.15, 0.2) is 0 Å². The number of benzene rings is 7. The van der Waals surface area contributed by atoms with Crippen molar-refractivity contribution in [3.8, 4) is 0 Å². The second-order valence-corrected chi connectivity index (χ2v) is 31.6. The van der Waals surface area contributed by atoms with E-state index in [0.717, 1.165) is 26.2 Å². The normalized spacial score (nSPS) is 18.6. The van der Waals surface area contributed by atoms with Gasteiger partial charge in [0.2, 0.25) is 0 Å². The first-order valence-electron chi connectivity index (χ1n) is 24.9. The molecule has 0 N–H and O–H groups in total. The van der Waals surface area contributed by atoms with Gasteiger partial charge in [-0.3, -0.25) is 0 Å². The van der Waals surface area contributed by atoms with Gasteiger partial charge < -0.3 is 0 Å². The average molecular weight is 1210 g/mol. The monoisotopic (exact) mass is 1220 g/mol. The molecule has 69 heavy (non-hydrogen) atoms. The van der Waals surface area contributed by atoms with Crippen LogP contribution in [0.5, 0.6) is 0 Å². The first kappa shape index (κ1) is 38.3. The molecule has 0 amide bonds. The van der Waals surface area contributed by atoms with Gasteiger partial charge in [-0.2, -0.15) is 0 Å². The number of hydrogen-bond donors (Lipinski definition) is 0. The zero-order chi connectivity index (χ0) is 44.1. The Morgan fingerprint density at radius 2 is 0.739 bits per heavy atom. The molecular weight excluding hydrogens is 1170 g/mol.